The monoisotopic (exact) mass is 79.1 g/mol. The molecule has 0 atom stereocenters. The van der Waals surface area contributed by atoms with Crippen LogP contribution in [0.1, 0.15) is 11.9 Å². The van der Waals surface area contributed by atoms with Gasteiger partial charge in [0.25, 0.3) is 0 Å². The molecule has 0 aliphatic carbocycles. The van der Waals surface area contributed by atoms with Crippen molar-refractivity contribution in [2.75, 3.05) is 13.1 Å². The number of aliphatic hydroxyl groups is 1. The molecule has 2 heteroatoms. The molecule has 2 nitrogen and oxygen atoms in total. The van der Waals surface area contributed by atoms with Gasteiger partial charge in [-0.2, -0.15) is 0 Å². The second-order valence-corrected chi connectivity index (χ2v) is 0.479. The van der Waals surface area contributed by atoms with E-state index in [0.29, 0.717) is 0 Å². The minimum absolute atomic E-state index is 0.906. The van der Waals surface area contributed by atoms with E-state index in [1.54, 1.807) is 0 Å². The lowest BCUT2D eigenvalue weighted by Gasteiger charge is -1.80. The maximum absolute atomic E-state index is 8.23. The summed E-state index contributed by atoms with van der Waals surface area (Å²) < 4.78 is 26.8. The van der Waals surface area contributed by atoms with E-state index in [2.05, 4.69) is 0 Å². The average molecular weight is 79.1 g/mol. The van der Waals surface area contributed by atoms with Gasteiger partial charge >= 0.3 is 0 Å². The highest BCUT2D eigenvalue weighted by Crippen LogP contribution is 1.62. The highest BCUT2D eigenvalue weighted by molar-refractivity contribution is 4.28. The second kappa shape index (κ2) is 3.92. The van der Waals surface area contributed by atoms with E-state index in [9.17, 15) is 0 Å². The van der Waals surface area contributed by atoms with E-state index in [1.165, 1.54) is 0 Å². The molecule has 0 heterocycles. The summed E-state index contributed by atoms with van der Waals surface area (Å²) in [6.45, 7) is -3.38. The molecule has 0 rings (SSSR count). The molecular weight excluding hydrogens is 66.0 g/mol. The molecule has 0 radical (unpaired) electrons. The van der Waals surface area contributed by atoms with Crippen LogP contribution in [0.15, 0.2) is 0 Å². The molecule has 0 aromatic heterocycles. The van der Waals surface area contributed by atoms with Crippen LogP contribution < -0.4 is 5.73 Å². The molecule has 0 aliphatic heterocycles. The number of hydrogen-bond acceptors (Lipinski definition) is 2. The van der Waals surface area contributed by atoms with Crippen molar-refractivity contribution in [1.82, 2.24) is 0 Å². The molecule has 0 unspecified atom stereocenters. The molecule has 0 aromatic carbocycles. The van der Waals surface area contributed by atoms with Gasteiger partial charge in [0.1, 0.15) is 0 Å². The summed E-state index contributed by atoms with van der Waals surface area (Å²) in [5.74, 6) is 0. The number of nitrogens with two attached hydrogens (primary N) is 1. The van der Waals surface area contributed by atoms with Crippen molar-refractivity contribution >= 4 is 0 Å². The highest BCUT2D eigenvalue weighted by atomic mass is 16.2. The molecule has 0 amide bonds. The van der Waals surface area contributed by atoms with Crippen molar-refractivity contribution in [3.05, 3.63) is 0 Å². The quantitative estimate of drug-likeness (QED) is 0.461. The van der Waals surface area contributed by atoms with Gasteiger partial charge < -0.3 is 10.8 Å². The molecule has 0 fully saturated rings. The molecule has 5 heavy (non-hydrogen) atoms. The highest BCUT2D eigenvalue weighted by Gasteiger charge is 1.69. The summed E-state index contributed by atoms with van der Waals surface area (Å²) in [6, 6.07) is 0. The Hall–Kier alpha value is -0.0800. The fraction of sp³-hybridized carbons (Fsp3) is 1.00. The Balaban J connectivity index is 4.14. The zero-order valence-electron chi connectivity index (χ0n) is 6.73. The molecule has 0 aliphatic rings. The number of aliphatic hydroxyl groups excluding tert-OH is 1. The van der Waals surface area contributed by atoms with Crippen molar-refractivity contribution in [3.8, 4) is 0 Å². The predicted octanol–water partition coefficient (Wildman–Crippen LogP) is -0.673. The van der Waals surface area contributed by atoms with Crippen LogP contribution in [0.25, 0.3) is 0 Å². The van der Waals surface area contributed by atoms with E-state index >= 15 is 0 Å². The number of hydrogen-bond donors (Lipinski definition) is 2. The Kier molecular flexibility index (Phi) is 0.945. The first-order valence-corrected chi connectivity index (χ1v) is 1.21. The molecule has 0 saturated heterocycles. The second-order valence-electron chi connectivity index (χ2n) is 0.479. The van der Waals surface area contributed by atoms with Crippen LogP contribution >= 0.6 is 0 Å². The van der Waals surface area contributed by atoms with E-state index in [1.807, 2.05) is 0 Å². The van der Waals surface area contributed by atoms with Crippen LogP contribution in [0.2, 0.25) is 0 Å². The van der Waals surface area contributed by atoms with Crippen molar-refractivity contribution in [2.24, 2.45) is 5.73 Å². The molecule has 3 N–H and O–H groups in total. The van der Waals surface area contributed by atoms with Crippen molar-refractivity contribution < 1.29 is 10.6 Å². The maximum atomic E-state index is 8.23. The van der Waals surface area contributed by atoms with E-state index < -0.39 is 19.5 Å². The van der Waals surface area contributed by atoms with Gasteiger partial charge in [-0.15, -0.1) is 0 Å². The van der Waals surface area contributed by atoms with Gasteiger partial charge in [-0.25, -0.2) is 0 Å². The minimum atomic E-state index is -2.47. The lowest BCUT2D eigenvalue weighted by molar-refractivity contribution is 0.291. The van der Waals surface area contributed by atoms with Gasteiger partial charge in [-0.3, -0.25) is 0 Å². The zero-order chi connectivity index (χ0) is 7.71. The Morgan fingerprint density at radius 3 is 2.60 bits per heavy atom. The standard InChI is InChI=1S/C3H9NO/c4-2-1-3-5/h5H,1-4H2/i1D2,2D2. The van der Waals surface area contributed by atoms with Gasteiger partial charge in [0.2, 0.25) is 0 Å². The summed E-state index contributed by atoms with van der Waals surface area (Å²) in [5.41, 5.74) is 4.72. The summed E-state index contributed by atoms with van der Waals surface area (Å²) in [5, 5.41) is 8.23. The van der Waals surface area contributed by atoms with Gasteiger partial charge in [0.15, 0.2) is 0 Å². The van der Waals surface area contributed by atoms with Crippen LogP contribution in [0, 0.1) is 0 Å². The van der Waals surface area contributed by atoms with Gasteiger partial charge in [-0.05, 0) is 12.9 Å². The molecule has 0 saturated carbocycles. The first kappa shape index (κ1) is 1.21. The average Bonchev–Trinajstić information content (AvgIpc) is 1.64. The third kappa shape index (κ3) is 3.92. The maximum Gasteiger partial charge on any atom is 0.0443 e. The van der Waals surface area contributed by atoms with Crippen LogP contribution in [0.4, 0.5) is 0 Å². The summed E-state index contributed by atoms with van der Waals surface area (Å²) in [4.78, 5) is 0. The number of rotatable bonds is 2. The SMILES string of the molecule is [2H]C([2H])(N)C([2H])([2H])CO. The normalized spacial score (nSPS) is 26.0. The minimum Gasteiger partial charge on any atom is -0.396 e. The predicted molar refractivity (Wildman–Crippen MR) is 20.8 cm³/mol. The van der Waals surface area contributed by atoms with Crippen molar-refractivity contribution in [2.45, 2.75) is 6.37 Å². The fourth-order valence-corrected chi connectivity index (χ4v) is 0.0456. The van der Waals surface area contributed by atoms with Crippen molar-refractivity contribution in [3.63, 3.8) is 0 Å². The Morgan fingerprint density at radius 1 is 2.00 bits per heavy atom. The lowest BCUT2D eigenvalue weighted by atomic mass is 10.5. The summed E-state index contributed by atoms with van der Waals surface area (Å²) >= 11 is 0. The Bertz CT molecular complexity index is 98.5. The van der Waals surface area contributed by atoms with E-state index in [4.69, 9.17) is 16.3 Å². The first-order chi connectivity index (χ1) is 3.81. The molecular formula is C3H9NO. The third-order valence-electron chi connectivity index (χ3n) is 0.181. The Labute approximate surface area is 37.2 Å². The molecule has 32 valence electrons. The summed E-state index contributed by atoms with van der Waals surface area (Å²) in [7, 11) is 0. The van der Waals surface area contributed by atoms with E-state index in [-0.39, 0.29) is 0 Å². The fourth-order valence-electron chi connectivity index (χ4n) is 0.0456. The van der Waals surface area contributed by atoms with Crippen LogP contribution in [0.5, 0.6) is 0 Å². The van der Waals surface area contributed by atoms with Gasteiger partial charge in [-0.1, -0.05) is 0 Å². The molecule has 0 spiro atoms. The van der Waals surface area contributed by atoms with E-state index in [0.717, 1.165) is 0 Å². The van der Waals surface area contributed by atoms with Crippen molar-refractivity contribution in [1.29, 1.82) is 0 Å². The van der Waals surface area contributed by atoms with Gasteiger partial charge in [0.05, 0.1) is 0 Å². The van der Waals surface area contributed by atoms with Crippen LogP contribution in [-0.2, 0) is 0 Å². The third-order valence-corrected chi connectivity index (χ3v) is 0.181. The Morgan fingerprint density at radius 2 is 2.60 bits per heavy atom. The summed E-state index contributed by atoms with van der Waals surface area (Å²) in [6.07, 6.45) is -2.35. The zero-order valence-corrected chi connectivity index (χ0v) is 2.73. The topological polar surface area (TPSA) is 46.2 Å². The van der Waals surface area contributed by atoms with Gasteiger partial charge in [0, 0.05) is 12.1 Å². The largest absolute Gasteiger partial charge is 0.396 e. The molecule has 0 bridgehead atoms. The van der Waals surface area contributed by atoms with Crippen LogP contribution in [-0.4, -0.2) is 18.2 Å². The lowest BCUT2D eigenvalue weighted by Crippen LogP contribution is -1.99. The molecule has 0 aromatic rings. The van der Waals surface area contributed by atoms with Crippen LogP contribution in [0.3, 0.4) is 0 Å². The first-order valence-electron chi connectivity index (χ1n) is 3.21. The smallest absolute Gasteiger partial charge is 0.0443 e.